The van der Waals surface area contributed by atoms with Crippen molar-refractivity contribution in [3.63, 3.8) is 0 Å². The topological polar surface area (TPSA) is 85.9 Å². The molecule has 0 saturated heterocycles. The van der Waals surface area contributed by atoms with Crippen LogP contribution >= 0.6 is 0 Å². The largest absolute Gasteiger partial charge is 0.379 e. The highest BCUT2D eigenvalue weighted by Crippen LogP contribution is 2.28. The summed E-state index contributed by atoms with van der Waals surface area (Å²) in [5.74, 6) is -1.57. The second-order valence-electron chi connectivity index (χ2n) is 4.05. The molecule has 0 unspecified atom stereocenters. The van der Waals surface area contributed by atoms with E-state index in [-0.39, 0.29) is 12.2 Å². The zero-order chi connectivity index (χ0) is 14.7. The fourth-order valence-electron chi connectivity index (χ4n) is 1.69. The zero-order valence-electron chi connectivity index (χ0n) is 10.5. The minimum absolute atomic E-state index is 0.205. The molecule has 0 amide bonds. The summed E-state index contributed by atoms with van der Waals surface area (Å²) in [5.41, 5.74) is -0.983. The molecule has 1 heterocycles. The summed E-state index contributed by atoms with van der Waals surface area (Å²) in [6.45, 7) is 0.216. The van der Waals surface area contributed by atoms with Gasteiger partial charge in [0.25, 0.3) is 0 Å². The highest BCUT2D eigenvalue weighted by Gasteiger charge is 2.21. The van der Waals surface area contributed by atoms with Crippen LogP contribution in [0.25, 0.3) is 0 Å². The minimum Gasteiger partial charge on any atom is -0.379 e. The predicted octanol–water partition coefficient (Wildman–Crippen LogP) is 1.66. The van der Waals surface area contributed by atoms with Crippen LogP contribution in [-0.4, -0.2) is 26.2 Å². The third-order valence-electron chi connectivity index (χ3n) is 2.52. The number of nitro benzene ring substituents is 1. The normalized spacial score (nSPS) is 10.6. The molecule has 0 aliphatic heterocycles. The van der Waals surface area contributed by atoms with E-state index in [4.69, 9.17) is 0 Å². The molecule has 0 fully saturated rings. The molecule has 0 spiro atoms. The number of nitrogens with one attached hydrogen (secondary N) is 1. The number of halogens is 2. The summed E-state index contributed by atoms with van der Waals surface area (Å²) in [6, 6.07) is 1.36. The first-order valence-corrected chi connectivity index (χ1v) is 5.69. The Hall–Kier alpha value is -2.58. The first-order chi connectivity index (χ1) is 9.47. The number of anilines is 1. The number of nitrogens with zero attached hydrogens (tertiary/aromatic N) is 4. The lowest BCUT2D eigenvalue weighted by molar-refractivity contribution is -0.386. The maximum Gasteiger partial charge on any atom is 0.327 e. The van der Waals surface area contributed by atoms with Crippen molar-refractivity contribution in [2.45, 2.75) is 6.42 Å². The van der Waals surface area contributed by atoms with Crippen molar-refractivity contribution >= 4 is 11.4 Å². The van der Waals surface area contributed by atoms with E-state index in [2.05, 4.69) is 15.4 Å². The van der Waals surface area contributed by atoms with Gasteiger partial charge in [0.2, 0.25) is 5.82 Å². The molecule has 0 radical (unpaired) electrons. The Morgan fingerprint density at radius 3 is 2.80 bits per heavy atom. The molecule has 106 valence electrons. The molecule has 0 saturated carbocycles. The molecule has 1 N–H and O–H groups in total. The van der Waals surface area contributed by atoms with Gasteiger partial charge in [0.05, 0.1) is 4.92 Å². The molecule has 7 nitrogen and oxygen atoms in total. The Bertz CT molecular complexity index is 644. The van der Waals surface area contributed by atoms with Crippen LogP contribution in [0.3, 0.4) is 0 Å². The fraction of sp³-hybridized carbons (Fsp3) is 0.273. The average molecular weight is 283 g/mol. The predicted molar refractivity (Wildman–Crippen MR) is 66.2 cm³/mol. The molecule has 0 bridgehead atoms. The van der Waals surface area contributed by atoms with Gasteiger partial charge in [-0.05, 0) is 0 Å². The Morgan fingerprint density at radius 2 is 2.20 bits per heavy atom. The van der Waals surface area contributed by atoms with Gasteiger partial charge in [-0.15, -0.1) is 0 Å². The molecule has 1 aromatic carbocycles. The number of rotatable bonds is 5. The molecular formula is C11H11F2N5O2. The minimum atomic E-state index is -1.21. The monoisotopic (exact) mass is 283 g/mol. The second-order valence-corrected chi connectivity index (χ2v) is 4.05. The van der Waals surface area contributed by atoms with Crippen LogP contribution in [0.2, 0.25) is 0 Å². The lowest BCUT2D eigenvalue weighted by Gasteiger charge is -2.06. The van der Waals surface area contributed by atoms with Crippen LogP contribution in [0.5, 0.6) is 0 Å². The zero-order valence-corrected chi connectivity index (χ0v) is 10.5. The standard InChI is InChI=1S/C11H11F2N5O2/c1-17-6-15-10(16-17)2-3-14-9-5-7(12)4-8(13)11(9)18(19)20/h4-6,14H,2-3H2,1H3. The van der Waals surface area contributed by atoms with Crippen molar-refractivity contribution in [1.82, 2.24) is 14.8 Å². The number of nitro groups is 1. The van der Waals surface area contributed by atoms with Crippen molar-refractivity contribution in [3.05, 3.63) is 46.0 Å². The van der Waals surface area contributed by atoms with Crippen molar-refractivity contribution in [2.75, 3.05) is 11.9 Å². The molecule has 0 aliphatic rings. The highest BCUT2D eigenvalue weighted by atomic mass is 19.1. The Balaban J connectivity index is 2.10. The van der Waals surface area contributed by atoms with Gasteiger partial charge in [-0.25, -0.2) is 9.37 Å². The van der Waals surface area contributed by atoms with Crippen LogP contribution in [-0.2, 0) is 13.5 Å². The van der Waals surface area contributed by atoms with Crippen LogP contribution in [0.4, 0.5) is 20.2 Å². The maximum absolute atomic E-state index is 13.4. The first kappa shape index (κ1) is 13.8. The Morgan fingerprint density at radius 1 is 1.45 bits per heavy atom. The maximum atomic E-state index is 13.4. The highest BCUT2D eigenvalue weighted by molar-refractivity contribution is 5.62. The molecular weight excluding hydrogens is 272 g/mol. The SMILES string of the molecule is Cn1cnc(CCNc2cc(F)cc(F)c2[N+](=O)[O-])n1. The number of aromatic nitrogens is 3. The Kier molecular flexibility index (Phi) is 3.87. The van der Waals surface area contributed by atoms with Crippen LogP contribution < -0.4 is 5.32 Å². The van der Waals surface area contributed by atoms with E-state index in [9.17, 15) is 18.9 Å². The van der Waals surface area contributed by atoms with Gasteiger partial charge < -0.3 is 5.32 Å². The van der Waals surface area contributed by atoms with Crippen molar-refractivity contribution in [2.24, 2.45) is 7.05 Å². The smallest absolute Gasteiger partial charge is 0.327 e. The fourth-order valence-corrected chi connectivity index (χ4v) is 1.69. The third kappa shape index (κ3) is 3.05. The summed E-state index contributed by atoms with van der Waals surface area (Å²) in [6.07, 6.45) is 1.88. The molecule has 1 aromatic heterocycles. The van der Waals surface area contributed by atoms with E-state index in [0.29, 0.717) is 18.3 Å². The summed E-state index contributed by atoms with van der Waals surface area (Å²) in [5, 5.41) is 17.4. The van der Waals surface area contributed by atoms with E-state index >= 15 is 0 Å². The second kappa shape index (κ2) is 5.59. The number of hydrogen-bond donors (Lipinski definition) is 1. The quantitative estimate of drug-likeness (QED) is 0.666. The summed E-state index contributed by atoms with van der Waals surface area (Å²) in [7, 11) is 1.71. The summed E-state index contributed by atoms with van der Waals surface area (Å²) < 4.78 is 28.0. The average Bonchev–Trinajstić information content (AvgIpc) is 2.73. The summed E-state index contributed by atoms with van der Waals surface area (Å²) in [4.78, 5) is 13.8. The van der Waals surface area contributed by atoms with Gasteiger partial charge >= 0.3 is 5.69 Å². The summed E-state index contributed by atoms with van der Waals surface area (Å²) >= 11 is 0. The molecule has 2 rings (SSSR count). The van der Waals surface area contributed by atoms with Crippen molar-refractivity contribution in [3.8, 4) is 0 Å². The van der Waals surface area contributed by atoms with Gasteiger partial charge in [-0.1, -0.05) is 0 Å². The lowest BCUT2D eigenvalue weighted by atomic mass is 10.2. The number of benzene rings is 1. The van der Waals surface area contributed by atoms with Gasteiger partial charge in [-0.3, -0.25) is 14.8 Å². The lowest BCUT2D eigenvalue weighted by Crippen LogP contribution is -2.09. The van der Waals surface area contributed by atoms with Gasteiger partial charge in [0.1, 0.15) is 17.8 Å². The van der Waals surface area contributed by atoms with Gasteiger partial charge in [0, 0.05) is 32.1 Å². The molecule has 9 heteroatoms. The van der Waals surface area contributed by atoms with E-state index < -0.39 is 22.2 Å². The van der Waals surface area contributed by atoms with E-state index in [1.54, 1.807) is 7.05 Å². The van der Waals surface area contributed by atoms with Gasteiger partial charge in [-0.2, -0.15) is 9.49 Å². The van der Waals surface area contributed by atoms with Crippen LogP contribution in [0, 0.1) is 21.7 Å². The Labute approximate surface area is 112 Å². The third-order valence-corrected chi connectivity index (χ3v) is 2.52. The molecule has 0 atom stereocenters. The number of hydrogen-bond acceptors (Lipinski definition) is 5. The first-order valence-electron chi connectivity index (χ1n) is 5.69. The number of aryl methyl sites for hydroxylation is 1. The van der Waals surface area contributed by atoms with Crippen LogP contribution in [0.1, 0.15) is 5.82 Å². The van der Waals surface area contributed by atoms with E-state index in [1.807, 2.05) is 0 Å². The van der Waals surface area contributed by atoms with Crippen molar-refractivity contribution in [1.29, 1.82) is 0 Å². The molecule has 0 aliphatic carbocycles. The van der Waals surface area contributed by atoms with E-state index in [0.717, 1.165) is 6.07 Å². The van der Waals surface area contributed by atoms with E-state index in [1.165, 1.54) is 11.0 Å². The van der Waals surface area contributed by atoms with Gasteiger partial charge in [0.15, 0.2) is 5.82 Å². The van der Waals surface area contributed by atoms with Crippen LogP contribution in [0.15, 0.2) is 18.5 Å². The van der Waals surface area contributed by atoms with Crippen molar-refractivity contribution < 1.29 is 13.7 Å². The molecule has 20 heavy (non-hydrogen) atoms. The molecule has 2 aromatic rings.